The topological polar surface area (TPSA) is 67.2 Å². The van der Waals surface area contributed by atoms with E-state index in [1.807, 2.05) is 20.8 Å². The van der Waals surface area contributed by atoms with Gasteiger partial charge in [0.1, 0.15) is 11.6 Å². The number of benzene rings is 1. The minimum Gasteiger partial charge on any atom is -0.508 e. The number of rotatable bonds is 3. The third-order valence-corrected chi connectivity index (χ3v) is 3.34. The van der Waals surface area contributed by atoms with Crippen LogP contribution in [0.5, 0.6) is 5.75 Å². The molecular weight excluding hydrogens is 285 g/mol. The fraction of sp³-hybridized carbons (Fsp3) is 0.375. The smallest absolute Gasteiger partial charge is 0.228 e. The zero-order valence-electron chi connectivity index (χ0n) is 13.1. The summed E-state index contributed by atoms with van der Waals surface area (Å²) in [6.45, 7) is 7.47. The average Bonchev–Trinajstić information content (AvgIpc) is 2.88. The Morgan fingerprint density at radius 1 is 1.41 bits per heavy atom. The molecule has 6 heteroatoms. The van der Waals surface area contributed by atoms with Crippen molar-refractivity contribution < 1.29 is 14.3 Å². The van der Waals surface area contributed by atoms with Crippen molar-refractivity contribution in [3.63, 3.8) is 0 Å². The number of nitrogens with zero attached hydrogens (tertiary/aromatic N) is 2. The maximum atomic E-state index is 14.0. The number of amides is 1. The van der Waals surface area contributed by atoms with E-state index in [0.29, 0.717) is 5.69 Å². The highest BCUT2D eigenvalue weighted by Crippen LogP contribution is 2.23. The normalized spacial score (nSPS) is 11.5. The summed E-state index contributed by atoms with van der Waals surface area (Å²) in [5.41, 5.74) is 0.779. The number of hydrogen-bond acceptors (Lipinski definition) is 3. The van der Waals surface area contributed by atoms with Gasteiger partial charge in [0.15, 0.2) is 0 Å². The van der Waals surface area contributed by atoms with Gasteiger partial charge in [-0.3, -0.25) is 9.48 Å². The van der Waals surface area contributed by atoms with Gasteiger partial charge in [0.05, 0.1) is 23.8 Å². The van der Waals surface area contributed by atoms with Crippen molar-refractivity contribution in [3.05, 3.63) is 41.5 Å². The quantitative estimate of drug-likeness (QED) is 0.916. The Morgan fingerprint density at radius 3 is 2.68 bits per heavy atom. The Kier molecular flexibility index (Phi) is 4.21. The van der Waals surface area contributed by atoms with E-state index >= 15 is 0 Å². The van der Waals surface area contributed by atoms with Gasteiger partial charge in [-0.25, -0.2) is 4.39 Å². The first-order valence-corrected chi connectivity index (χ1v) is 7.00. The van der Waals surface area contributed by atoms with Crippen LogP contribution in [-0.4, -0.2) is 20.8 Å². The van der Waals surface area contributed by atoms with Gasteiger partial charge < -0.3 is 10.4 Å². The molecule has 118 valence electrons. The molecule has 0 aliphatic rings. The van der Waals surface area contributed by atoms with Crippen LogP contribution in [0.15, 0.2) is 24.5 Å². The van der Waals surface area contributed by atoms with Gasteiger partial charge in [0.2, 0.25) is 5.91 Å². The molecule has 0 aliphatic carbocycles. The summed E-state index contributed by atoms with van der Waals surface area (Å²) in [5, 5.41) is 16.3. The lowest BCUT2D eigenvalue weighted by Gasteiger charge is -2.18. The summed E-state index contributed by atoms with van der Waals surface area (Å²) in [6.07, 6.45) is 3.19. The molecule has 0 spiro atoms. The number of carbonyl (C=O) groups excluding carboxylic acids is 1. The number of anilines is 1. The minimum absolute atomic E-state index is 0.104. The van der Waals surface area contributed by atoms with Gasteiger partial charge in [-0.2, -0.15) is 5.10 Å². The van der Waals surface area contributed by atoms with E-state index in [0.717, 1.165) is 0 Å². The molecule has 2 N–H and O–H groups in total. The second-order valence-corrected chi connectivity index (χ2v) is 6.25. The molecule has 0 aliphatic heterocycles. The van der Waals surface area contributed by atoms with E-state index < -0.39 is 5.82 Å². The molecule has 0 saturated carbocycles. The van der Waals surface area contributed by atoms with E-state index in [9.17, 15) is 14.3 Å². The first-order chi connectivity index (χ1) is 10.2. The molecule has 0 fully saturated rings. The zero-order chi connectivity index (χ0) is 16.5. The van der Waals surface area contributed by atoms with Crippen LogP contribution in [0, 0.1) is 12.7 Å². The van der Waals surface area contributed by atoms with Gasteiger partial charge in [-0.1, -0.05) is 6.07 Å². The first kappa shape index (κ1) is 16.0. The molecule has 1 aromatic heterocycles. The summed E-state index contributed by atoms with van der Waals surface area (Å²) >= 11 is 0. The van der Waals surface area contributed by atoms with Crippen molar-refractivity contribution in [1.29, 1.82) is 0 Å². The Labute approximate surface area is 128 Å². The molecular formula is C16H20FN3O2. The Hall–Kier alpha value is -2.37. The maximum Gasteiger partial charge on any atom is 0.228 e. The van der Waals surface area contributed by atoms with Crippen LogP contribution < -0.4 is 5.32 Å². The van der Waals surface area contributed by atoms with Gasteiger partial charge in [0, 0.05) is 11.8 Å². The van der Waals surface area contributed by atoms with E-state index in [1.54, 1.807) is 17.1 Å². The van der Waals surface area contributed by atoms with Crippen molar-refractivity contribution in [3.8, 4) is 5.75 Å². The third-order valence-electron chi connectivity index (χ3n) is 3.34. The second kappa shape index (κ2) is 5.79. The Balaban J connectivity index is 2.08. The van der Waals surface area contributed by atoms with Gasteiger partial charge in [0.25, 0.3) is 0 Å². The number of carbonyl (C=O) groups is 1. The highest BCUT2D eigenvalue weighted by Gasteiger charge is 2.16. The largest absolute Gasteiger partial charge is 0.508 e. The molecule has 1 heterocycles. The lowest BCUT2D eigenvalue weighted by Crippen LogP contribution is -2.22. The lowest BCUT2D eigenvalue weighted by atomic mass is 10.1. The Morgan fingerprint density at radius 2 is 2.09 bits per heavy atom. The molecule has 2 rings (SSSR count). The molecule has 1 amide bonds. The molecule has 0 saturated heterocycles. The van der Waals surface area contributed by atoms with E-state index in [-0.39, 0.29) is 34.7 Å². The highest BCUT2D eigenvalue weighted by atomic mass is 19.1. The fourth-order valence-corrected chi connectivity index (χ4v) is 2.00. The minimum atomic E-state index is -0.555. The van der Waals surface area contributed by atoms with Crippen molar-refractivity contribution in [1.82, 2.24) is 9.78 Å². The molecule has 22 heavy (non-hydrogen) atoms. The number of aromatic nitrogens is 2. The number of aromatic hydroxyl groups is 1. The molecule has 5 nitrogen and oxygen atoms in total. The van der Waals surface area contributed by atoms with Crippen molar-refractivity contribution in [2.24, 2.45) is 0 Å². The lowest BCUT2D eigenvalue weighted by molar-refractivity contribution is -0.115. The van der Waals surface area contributed by atoms with Gasteiger partial charge >= 0.3 is 0 Å². The second-order valence-electron chi connectivity index (χ2n) is 6.25. The van der Waals surface area contributed by atoms with Crippen LogP contribution in [0.25, 0.3) is 0 Å². The van der Waals surface area contributed by atoms with Crippen LogP contribution in [0.1, 0.15) is 31.9 Å². The molecule has 0 radical (unpaired) electrons. The highest BCUT2D eigenvalue weighted by molar-refractivity contribution is 5.92. The number of nitrogens with one attached hydrogen (secondary N) is 1. The van der Waals surface area contributed by atoms with Crippen LogP contribution >= 0.6 is 0 Å². The zero-order valence-corrected chi connectivity index (χ0v) is 13.1. The van der Waals surface area contributed by atoms with Crippen LogP contribution in [0.2, 0.25) is 0 Å². The standard InChI is InChI=1S/C16H20FN3O2/c1-10-13(21)6-5-11(15(10)17)7-14(22)19-12-8-18-20(9-12)16(2,3)4/h5-6,8-9,21H,7H2,1-4H3,(H,19,22). The summed E-state index contributed by atoms with van der Waals surface area (Å²) in [6, 6.07) is 2.80. The maximum absolute atomic E-state index is 14.0. The van der Waals surface area contributed by atoms with E-state index in [4.69, 9.17) is 0 Å². The van der Waals surface area contributed by atoms with Crippen molar-refractivity contribution >= 4 is 11.6 Å². The number of phenols is 1. The molecule has 0 unspecified atom stereocenters. The van der Waals surface area contributed by atoms with Gasteiger partial charge in [-0.15, -0.1) is 0 Å². The number of hydrogen-bond donors (Lipinski definition) is 2. The number of phenolic OH excluding ortho intramolecular Hbond substituents is 1. The predicted molar refractivity (Wildman–Crippen MR) is 82.4 cm³/mol. The van der Waals surface area contributed by atoms with Crippen LogP contribution in [-0.2, 0) is 16.8 Å². The number of halogens is 1. The van der Waals surface area contributed by atoms with E-state index in [2.05, 4.69) is 10.4 Å². The van der Waals surface area contributed by atoms with Gasteiger partial charge in [-0.05, 0) is 39.3 Å². The fourth-order valence-electron chi connectivity index (χ4n) is 2.00. The van der Waals surface area contributed by atoms with Crippen LogP contribution in [0.4, 0.5) is 10.1 Å². The third kappa shape index (κ3) is 3.44. The average molecular weight is 305 g/mol. The van der Waals surface area contributed by atoms with Crippen molar-refractivity contribution in [2.75, 3.05) is 5.32 Å². The monoisotopic (exact) mass is 305 g/mol. The summed E-state index contributed by atoms with van der Waals surface area (Å²) in [7, 11) is 0. The summed E-state index contributed by atoms with van der Waals surface area (Å²) < 4.78 is 15.7. The molecule has 1 aromatic carbocycles. The predicted octanol–water partition coefficient (Wildman–Crippen LogP) is 2.97. The summed E-state index contributed by atoms with van der Waals surface area (Å²) in [5.74, 6) is -1.01. The first-order valence-electron chi connectivity index (χ1n) is 7.00. The molecule has 0 atom stereocenters. The van der Waals surface area contributed by atoms with Crippen molar-refractivity contribution in [2.45, 2.75) is 39.7 Å². The van der Waals surface area contributed by atoms with E-state index in [1.165, 1.54) is 19.1 Å². The SMILES string of the molecule is Cc1c(O)ccc(CC(=O)Nc2cnn(C(C)(C)C)c2)c1F. The Bertz CT molecular complexity index is 702. The molecule has 0 bridgehead atoms. The summed E-state index contributed by atoms with van der Waals surface area (Å²) in [4.78, 5) is 12.0. The molecule has 2 aromatic rings. The van der Waals surface area contributed by atoms with Crippen LogP contribution in [0.3, 0.4) is 0 Å².